The highest BCUT2D eigenvalue weighted by molar-refractivity contribution is 5.80. The van der Waals surface area contributed by atoms with Crippen LogP contribution in [-0.4, -0.2) is 27.3 Å². The van der Waals surface area contributed by atoms with Crippen LogP contribution < -0.4 is 10.6 Å². The lowest BCUT2D eigenvalue weighted by Gasteiger charge is -2.18. The van der Waals surface area contributed by atoms with Crippen molar-refractivity contribution in [3.8, 4) is 0 Å². The van der Waals surface area contributed by atoms with Crippen molar-refractivity contribution in [2.75, 3.05) is 6.54 Å². The van der Waals surface area contributed by atoms with E-state index in [1.807, 2.05) is 24.6 Å². The molecular weight excluding hydrogens is 312 g/mol. The summed E-state index contributed by atoms with van der Waals surface area (Å²) >= 11 is 0. The summed E-state index contributed by atoms with van der Waals surface area (Å²) in [7, 11) is 1.95. The van der Waals surface area contributed by atoms with E-state index in [1.165, 1.54) is 11.1 Å². The fourth-order valence-electron chi connectivity index (χ4n) is 2.39. The molecule has 134 valence electrons. The molecule has 1 aromatic carbocycles. The second-order valence-electron chi connectivity index (χ2n) is 6.02. The predicted octanol–water partition coefficient (Wildman–Crippen LogP) is 2.67. The van der Waals surface area contributed by atoms with Gasteiger partial charge in [-0.3, -0.25) is 0 Å². The quantitative estimate of drug-likeness (QED) is 0.462. The van der Waals surface area contributed by atoms with Gasteiger partial charge in [0.25, 0.3) is 0 Å². The number of nitrogens with one attached hydrogen (secondary N) is 2. The maximum atomic E-state index is 4.63. The van der Waals surface area contributed by atoms with Crippen LogP contribution in [0, 0.1) is 6.92 Å². The molecule has 6 heteroatoms. The maximum absolute atomic E-state index is 4.63. The minimum atomic E-state index is 0.142. The molecule has 1 heterocycles. The highest BCUT2D eigenvalue weighted by atomic mass is 15.3. The number of aliphatic imine (C=N–C) groups is 1. The van der Waals surface area contributed by atoms with E-state index < -0.39 is 0 Å². The molecule has 0 saturated heterocycles. The Kier molecular flexibility index (Phi) is 6.74. The minimum Gasteiger partial charge on any atom is -0.353 e. The number of hydrogen-bond acceptors (Lipinski definition) is 3. The van der Waals surface area contributed by atoms with Crippen LogP contribution in [0.2, 0.25) is 0 Å². The van der Waals surface area contributed by atoms with Gasteiger partial charge in [0.1, 0.15) is 12.4 Å². The lowest BCUT2D eigenvalue weighted by Crippen LogP contribution is -2.39. The van der Waals surface area contributed by atoms with E-state index >= 15 is 0 Å². The van der Waals surface area contributed by atoms with Crippen molar-refractivity contribution in [1.82, 2.24) is 25.4 Å². The van der Waals surface area contributed by atoms with Crippen molar-refractivity contribution < 1.29 is 0 Å². The summed E-state index contributed by atoms with van der Waals surface area (Å²) in [5, 5.41) is 14.9. The third-order valence-electron chi connectivity index (χ3n) is 4.22. The Labute approximate surface area is 150 Å². The predicted molar refractivity (Wildman–Crippen MR) is 102 cm³/mol. The Morgan fingerprint density at radius 1 is 1.32 bits per heavy atom. The third kappa shape index (κ3) is 5.17. The van der Waals surface area contributed by atoms with Crippen molar-refractivity contribution in [2.24, 2.45) is 12.0 Å². The normalized spacial score (nSPS) is 12.7. The number of guanidine groups is 1. The summed E-state index contributed by atoms with van der Waals surface area (Å²) in [6, 6.07) is 8.80. The topological polar surface area (TPSA) is 67.1 Å². The average Bonchev–Trinajstić information content (AvgIpc) is 2.95. The van der Waals surface area contributed by atoms with Crippen LogP contribution >= 0.6 is 0 Å². The first-order valence-electron chi connectivity index (χ1n) is 8.64. The second kappa shape index (κ2) is 9.01. The maximum Gasteiger partial charge on any atom is 0.192 e. The number of rotatable bonds is 7. The molecule has 0 aliphatic carbocycles. The van der Waals surface area contributed by atoms with Gasteiger partial charge in [0.05, 0.1) is 6.04 Å². The molecule has 2 rings (SSSR count). The molecule has 0 aliphatic rings. The molecule has 0 fully saturated rings. The van der Waals surface area contributed by atoms with Gasteiger partial charge in [0.2, 0.25) is 0 Å². The van der Waals surface area contributed by atoms with Crippen LogP contribution in [0.15, 0.2) is 41.9 Å². The minimum absolute atomic E-state index is 0.142. The number of benzene rings is 1. The molecule has 2 N–H and O–H groups in total. The van der Waals surface area contributed by atoms with Gasteiger partial charge >= 0.3 is 0 Å². The first kappa shape index (κ1) is 18.7. The Hall–Kier alpha value is -2.63. The molecule has 1 unspecified atom stereocenters. The fraction of sp³-hybridized carbons (Fsp3) is 0.421. The molecule has 2 aromatic rings. The largest absolute Gasteiger partial charge is 0.353 e. The SMILES string of the molecule is C=CCNC(=NCc1nnc(C)n1C)NC(C)c1ccc(CC)cc1. The number of nitrogens with zero attached hydrogens (tertiary/aromatic N) is 4. The Bertz CT molecular complexity index is 714. The second-order valence-corrected chi connectivity index (χ2v) is 6.02. The van der Waals surface area contributed by atoms with E-state index in [0.717, 1.165) is 24.0 Å². The summed E-state index contributed by atoms with van der Waals surface area (Å²) in [6.07, 6.45) is 2.86. The van der Waals surface area contributed by atoms with E-state index in [-0.39, 0.29) is 6.04 Å². The molecule has 0 saturated carbocycles. The monoisotopic (exact) mass is 340 g/mol. The molecule has 0 bridgehead atoms. The van der Waals surface area contributed by atoms with E-state index in [4.69, 9.17) is 0 Å². The number of hydrogen-bond donors (Lipinski definition) is 2. The molecule has 25 heavy (non-hydrogen) atoms. The summed E-state index contributed by atoms with van der Waals surface area (Å²) in [5.74, 6) is 2.44. The molecule has 0 aliphatic heterocycles. The Morgan fingerprint density at radius 2 is 2.04 bits per heavy atom. The summed E-state index contributed by atoms with van der Waals surface area (Å²) in [5.41, 5.74) is 2.56. The molecule has 6 nitrogen and oxygen atoms in total. The van der Waals surface area contributed by atoms with E-state index in [0.29, 0.717) is 13.1 Å². The highest BCUT2D eigenvalue weighted by Crippen LogP contribution is 2.13. The zero-order chi connectivity index (χ0) is 18.2. The van der Waals surface area contributed by atoms with Crippen LogP contribution in [0.1, 0.15) is 42.7 Å². The highest BCUT2D eigenvalue weighted by Gasteiger charge is 2.09. The fourth-order valence-corrected chi connectivity index (χ4v) is 2.39. The van der Waals surface area contributed by atoms with Gasteiger partial charge in [-0.15, -0.1) is 16.8 Å². The molecule has 1 atom stereocenters. The molecule has 0 amide bonds. The van der Waals surface area contributed by atoms with E-state index in [2.05, 4.69) is 70.5 Å². The van der Waals surface area contributed by atoms with Gasteiger partial charge in [0, 0.05) is 13.6 Å². The van der Waals surface area contributed by atoms with Gasteiger partial charge in [0.15, 0.2) is 11.8 Å². The first-order chi connectivity index (χ1) is 12.0. The Balaban J connectivity index is 2.08. The standard InChI is InChI=1S/C19H28N6/c1-6-12-20-19(21-13-18-24-23-15(4)25(18)5)22-14(3)17-10-8-16(7-2)9-11-17/h6,8-11,14H,1,7,12-13H2,2-5H3,(H2,20,21,22). The van der Waals surface area contributed by atoms with Crippen LogP contribution in [-0.2, 0) is 20.0 Å². The van der Waals surface area contributed by atoms with Crippen molar-refractivity contribution in [2.45, 2.75) is 39.8 Å². The smallest absolute Gasteiger partial charge is 0.192 e. The van der Waals surface area contributed by atoms with Crippen molar-refractivity contribution in [3.05, 3.63) is 59.7 Å². The van der Waals surface area contributed by atoms with Gasteiger partial charge in [-0.1, -0.05) is 37.3 Å². The van der Waals surface area contributed by atoms with Crippen molar-refractivity contribution >= 4 is 5.96 Å². The van der Waals surface area contributed by atoms with E-state index in [1.54, 1.807) is 0 Å². The zero-order valence-corrected chi connectivity index (χ0v) is 15.6. The molecule has 0 radical (unpaired) electrons. The molecule has 1 aromatic heterocycles. The number of aromatic nitrogens is 3. The number of aryl methyl sites for hydroxylation is 2. The van der Waals surface area contributed by atoms with Gasteiger partial charge < -0.3 is 15.2 Å². The van der Waals surface area contributed by atoms with Gasteiger partial charge in [-0.25, -0.2) is 4.99 Å². The molecule has 0 spiro atoms. The van der Waals surface area contributed by atoms with Gasteiger partial charge in [-0.2, -0.15) is 0 Å². The van der Waals surface area contributed by atoms with Crippen LogP contribution in [0.3, 0.4) is 0 Å². The van der Waals surface area contributed by atoms with Crippen molar-refractivity contribution in [1.29, 1.82) is 0 Å². The van der Waals surface area contributed by atoms with Crippen molar-refractivity contribution in [3.63, 3.8) is 0 Å². The lowest BCUT2D eigenvalue weighted by atomic mass is 10.1. The van der Waals surface area contributed by atoms with Crippen LogP contribution in [0.5, 0.6) is 0 Å². The Morgan fingerprint density at radius 3 is 2.60 bits per heavy atom. The first-order valence-corrected chi connectivity index (χ1v) is 8.64. The average molecular weight is 340 g/mol. The zero-order valence-electron chi connectivity index (χ0n) is 15.6. The van der Waals surface area contributed by atoms with Gasteiger partial charge in [-0.05, 0) is 31.4 Å². The summed E-state index contributed by atoms with van der Waals surface area (Å²) < 4.78 is 1.95. The lowest BCUT2D eigenvalue weighted by molar-refractivity contribution is 0.684. The van der Waals surface area contributed by atoms with Crippen LogP contribution in [0.25, 0.3) is 0 Å². The summed E-state index contributed by atoms with van der Waals surface area (Å²) in [6.45, 7) is 11.1. The summed E-state index contributed by atoms with van der Waals surface area (Å²) in [4.78, 5) is 4.63. The third-order valence-corrected chi connectivity index (χ3v) is 4.22. The molecular formula is C19H28N6. The van der Waals surface area contributed by atoms with Crippen LogP contribution in [0.4, 0.5) is 0 Å². The van der Waals surface area contributed by atoms with E-state index in [9.17, 15) is 0 Å².